The lowest BCUT2D eigenvalue weighted by molar-refractivity contribution is -0.392. The molecule has 0 spiro atoms. The molecule has 3 rings (SSSR count). The van der Waals surface area contributed by atoms with Crippen LogP contribution in [0.5, 0.6) is 0 Å². The summed E-state index contributed by atoms with van der Waals surface area (Å²) in [5, 5.41) is 29.8. The van der Waals surface area contributed by atoms with E-state index in [4.69, 9.17) is 0 Å². The Bertz CT molecular complexity index is 987. The molecule has 0 atom stereocenters. The van der Waals surface area contributed by atoms with Crippen molar-refractivity contribution < 1.29 is 9.85 Å². The highest BCUT2D eigenvalue weighted by Gasteiger charge is 2.18. The maximum absolute atomic E-state index is 11.0. The average molecular weight is 375 g/mol. The molecule has 3 aromatic rings. The van der Waals surface area contributed by atoms with E-state index < -0.39 is 9.85 Å². The van der Waals surface area contributed by atoms with E-state index in [0.29, 0.717) is 43.4 Å². The zero-order chi connectivity index (χ0) is 19.6. The summed E-state index contributed by atoms with van der Waals surface area (Å²) in [4.78, 5) is 28.6. The SMILES string of the molecule is Cc1nc([N+](=O)[O-])cn1CCc1cn(CCn2c([N+](=O)[O-])cnc2C)nn1. The molecule has 0 saturated heterocycles. The number of nitro groups is 2. The summed E-state index contributed by atoms with van der Waals surface area (Å²) in [5.74, 6) is 0.856. The summed E-state index contributed by atoms with van der Waals surface area (Å²) in [6.07, 6.45) is 4.90. The number of hydrogen-bond donors (Lipinski definition) is 0. The number of hydrogen-bond acceptors (Lipinski definition) is 8. The molecule has 0 bridgehead atoms. The van der Waals surface area contributed by atoms with Crippen LogP contribution in [0.4, 0.5) is 11.6 Å². The molecular weight excluding hydrogens is 358 g/mol. The molecule has 3 heterocycles. The van der Waals surface area contributed by atoms with Gasteiger partial charge in [0, 0.05) is 33.0 Å². The van der Waals surface area contributed by atoms with Crippen LogP contribution in [0.3, 0.4) is 0 Å². The maximum Gasteiger partial charge on any atom is 0.381 e. The first-order valence-electron chi connectivity index (χ1n) is 8.09. The van der Waals surface area contributed by atoms with Crippen molar-refractivity contribution in [3.8, 4) is 0 Å². The summed E-state index contributed by atoms with van der Waals surface area (Å²) in [6.45, 7) is 4.63. The second kappa shape index (κ2) is 7.31. The van der Waals surface area contributed by atoms with Crippen molar-refractivity contribution in [1.29, 1.82) is 0 Å². The van der Waals surface area contributed by atoms with Gasteiger partial charge in [-0.3, -0.25) is 0 Å². The fraction of sp³-hybridized carbons (Fsp3) is 0.429. The van der Waals surface area contributed by atoms with E-state index >= 15 is 0 Å². The molecule has 0 amide bonds. The lowest BCUT2D eigenvalue weighted by atomic mass is 10.3. The van der Waals surface area contributed by atoms with Gasteiger partial charge in [-0.15, -0.1) is 5.10 Å². The molecule has 3 aromatic heterocycles. The first-order chi connectivity index (χ1) is 12.8. The molecule has 0 N–H and O–H groups in total. The van der Waals surface area contributed by atoms with Gasteiger partial charge in [0.1, 0.15) is 18.9 Å². The molecule has 0 unspecified atom stereocenters. The third-order valence-corrected chi connectivity index (χ3v) is 4.12. The van der Waals surface area contributed by atoms with Gasteiger partial charge in [0.05, 0.1) is 12.2 Å². The van der Waals surface area contributed by atoms with Crippen LogP contribution >= 0.6 is 0 Å². The van der Waals surface area contributed by atoms with Crippen molar-refractivity contribution in [3.05, 3.63) is 56.2 Å². The van der Waals surface area contributed by atoms with Gasteiger partial charge in [0.15, 0.2) is 5.82 Å². The fourth-order valence-electron chi connectivity index (χ4n) is 2.68. The van der Waals surface area contributed by atoms with E-state index in [1.54, 1.807) is 29.3 Å². The quantitative estimate of drug-likeness (QED) is 0.418. The zero-order valence-corrected chi connectivity index (χ0v) is 14.7. The maximum atomic E-state index is 11.0. The fourth-order valence-corrected chi connectivity index (χ4v) is 2.68. The highest BCUT2D eigenvalue weighted by Crippen LogP contribution is 2.14. The summed E-state index contributed by atoms with van der Waals surface area (Å²) < 4.78 is 4.80. The van der Waals surface area contributed by atoms with E-state index in [1.165, 1.54) is 17.0 Å². The standard InChI is InChI=1S/C14H17N9O4/c1-10-15-7-14(23(26)27)21(10)6-5-20-8-12(17-18-20)3-4-19-9-13(22(24)25)16-11(19)2/h7-9H,3-6H2,1-2H3. The predicted octanol–water partition coefficient (Wildman–Crippen LogP) is 1.05. The molecule has 13 heteroatoms. The Hall–Kier alpha value is -3.64. The van der Waals surface area contributed by atoms with Crippen molar-refractivity contribution in [2.24, 2.45) is 0 Å². The van der Waals surface area contributed by atoms with Crippen LogP contribution in [0, 0.1) is 34.1 Å². The van der Waals surface area contributed by atoms with Gasteiger partial charge in [0.2, 0.25) is 5.82 Å². The van der Waals surface area contributed by atoms with Crippen LogP contribution in [0.2, 0.25) is 0 Å². The Kier molecular flexibility index (Phi) is 4.92. The highest BCUT2D eigenvalue weighted by molar-refractivity contribution is 5.18. The minimum absolute atomic E-state index is 0.0648. The van der Waals surface area contributed by atoms with Crippen molar-refractivity contribution in [2.45, 2.75) is 39.9 Å². The second-order valence-corrected chi connectivity index (χ2v) is 5.89. The Morgan fingerprint density at radius 1 is 1.04 bits per heavy atom. The molecule has 13 nitrogen and oxygen atoms in total. The molecule has 0 aliphatic rings. The van der Waals surface area contributed by atoms with Crippen LogP contribution in [0.1, 0.15) is 17.3 Å². The van der Waals surface area contributed by atoms with Gasteiger partial charge in [-0.05, 0) is 14.8 Å². The third-order valence-electron chi connectivity index (χ3n) is 4.12. The molecule has 0 radical (unpaired) electrons. The van der Waals surface area contributed by atoms with Crippen molar-refractivity contribution in [2.75, 3.05) is 0 Å². The minimum Gasteiger partial charge on any atom is -0.358 e. The molecule has 0 aromatic carbocycles. The van der Waals surface area contributed by atoms with Crippen LogP contribution in [0.25, 0.3) is 0 Å². The van der Waals surface area contributed by atoms with Gasteiger partial charge in [0.25, 0.3) is 0 Å². The summed E-state index contributed by atoms with van der Waals surface area (Å²) in [6, 6.07) is 0. The topological polar surface area (TPSA) is 153 Å². The summed E-state index contributed by atoms with van der Waals surface area (Å²) in [5.41, 5.74) is 0.711. The van der Waals surface area contributed by atoms with Gasteiger partial charge in [-0.25, -0.2) is 14.2 Å². The van der Waals surface area contributed by atoms with Crippen LogP contribution in [-0.2, 0) is 26.1 Å². The van der Waals surface area contributed by atoms with Crippen LogP contribution in [-0.4, -0.2) is 43.9 Å². The van der Waals surface area contributed by atoms with E-state index in [-0.39, 0.29) is 11.6 Å². The number of rotatable bonds is 8. The van der Waals surface area contributed by atoms with Crippen LogP contribution in [0.15, 0.2) is 18.6 Å². The Morgan fingerprint density at radius 3 is 2.48 bits per heavy atom. The monoisotopic (exact) mass is 375 g/mol. The number of aryl methyl sites for hydroxylation is 5. The lowest BCUT2D eigenvalue weighted by Gasteiger charge is -2.02. The summed E-state index contributed by atoms with van der Waals surface area (Å²) in [7, 11) is 0. The second-order valence-electron chi connectivity index (χ2n) is 5.89. The highest BCUT2D eigenvalue weighted by atomic mass is 16.6. The molecule has 0 aliphatic heterocycles. The smallest absolute Gasteiger partial charge is 0.358 e. The lowest BCUT2D eigenvalue weighted by Crippen LogP contribution is -2.11. The van der Waals surface area contributed by atoms with E-state index in [1.807, 2.05) is 0 Å². The Labute approximate surface area is 152 Å². The number of aromatic nitrogens is 7. The largest absolute Gasteiger partial charge is 0.381 e. The number of imidazole rings is 2. The predicted molar refractivity (Wildman–Crippen MR) is 91.0 cm³/mol. The summed E-state index contributed by atoms with van der Waals surface area (Å²) >= 11 is 0. The first kappa shape index (κ1) is 18.2. The minimum atomic E-state index is -0.531. The Balaban J connectivity index is 1.60. The van der Waals surface area contributed by atoms with Gasteiger partial charge < -0.3 is 24.8 Å². The molecule has 0 saturated carbocycles. The molecule has 0 fully saturated rings. The number of nitrogens with zero attached hydrogens (tertiary/aromatic N) is 9. The van der Waals surface area contributed by atoms with Crippen molar-refractivity contribution in [3.63, 3.8) is 0 Å². The zero-order valence-electron chi connectivity index (χ0n) is 14.7. The van der Waals surface area contributed by atoms with Crippen molar-refractivity contribution >= 4 is 11.6 Å². The Morgan fingerprint density at radius 2 is 1.81 bits per heavy atom. The molecular formula is C14H17N9O4. The van der Waals surface area contributed by atoms with E-state index in [2.05, 4.69) is 20.3 Å². The van der Waals surface area contributed by atoms with Gasteiger partial charge in [-0.1, -0.05) is 5.21 Å². The third kappa shape index (κ3) is 3.96. The average Bonchev–Trinajstić information content (AvgIpc) is 3.30. The first-order valence-corrected chi connectivity index (χ1v) is 8.09. The van der Waals surface area contributed by atoms with Gasteiger partial charge in [-0.2, -0.15) is 0 Å². The van der Waals surface area contributed by atoms with E-state index in [9.17, 15) is 20.2 Å². The van der Waals surface area contributed by atoms with Crippen LogP contribution < -0.4 is 0 Å². The molecule has 27 heavy (non-hydrogen) atoms. The molecule has 142 valence electrons. The van der Waals surface area contributed by atoms with E-state index in [0.717, 1.165) is 0 Å². The van der Waals surface area contributed by atoms with Gasteiger partial charge >= 0.3 is 11.6 Å². The van der Waals surface area contributed by atoms with Crippen molar-refractivity contribution in [1.82, 2.24) is 34.1 Å². The normalized spacial score (nSPS) is 11.0. The molecule has 0 aliphatic carbocycles.